The lowest BCUT2D eigenvalue weighted by Gasteiger charge is -2.46. The standard InChI is InChI=1S/C19H27NO9/c1-11(22)20-15-13(23)8-19(18(26)27-2,28-10-12-6-4-3-5-7-12)29-17(15)16(25)14(24)9-21/h3-7,13-17,21,23-25H,8-10H2,1-2H3,(H,20,22)/t13?,14-,15?,16-,17?,19?/m0/s1. The molecule has 1 aromatic carbocycles. The molecule has 1 aliphatic rings. The fraction of sp³-hybridized carbons (Fsp3) is 0.579. The summed E-state index contributed by atoms with van der Waals surface area (Å²) in [5.74, 6) is -3.58. The molecular formula is C19H27NO9. The van der Waals surface area contributed by atoms with E-state index in [1.807, 2.05) is 0 Å². The highest BCUT2D eigenvalue weighted by Gasteiger charge is 2.56. The smallest absolute Gasteiger partial charge is 0.366 e. The first kappa shape index (κ1) is 23.2. The number of benzene rings is 1. The quantitative estimate of drug-likeness (QED) is 0.318. The molecule has 1 amide bonds. The van der Waals surface area contributed by atoms with Gasteiger partial charge >= 0.3 is 5.97 Å². The molecule has 1 heterocycles. The Morgan fingerprint density at radius 1 is 1.31 bits per heavy atom. The normalized spacial score (nSPS) is 29.0. The summed E-state index contributed by atoms with van der Waals surface area (Å²) in [7, 11) is 1.11. The Bertz CT molecular complexity index is 686. The number of nitrogens with one attached hydrogen (secondary N) is 1. The van der Waals surface area contributed by atoms with Crippen LogP contribution in [-0.2, 0) is 30.4 Å². The first-order valence-electron chi connectivity index (χ1n) is 9.10. The zero-order chi connectivity index (χ0) is 21.6. The molecule has 0 bridgehead atoms. The molecule has 1 fully saturated rings. The summed E-state index contributed by atoms with van der Waals surface area (Å²) in [4.78, 5) is 24.1. The van der Waals surface area contributed by atoms with Gasteiger partial charge in [-0.3, -0.25) is 4.79 Å². The van der Waals surface area contributed by atoms with Gasteiger partial charge in [0.15, 0.2) is 0 Å². The highest BCUT2D eigenvalue weighted by Crippen LogP contribution is 2.34. The van der Waals surface area contributed by atoms with Crippen LogP contribution in [-0.4, -0.2) is 82.3 Å². The lowest BCUT2D eigenvalue weighted by Crippen LogP contribution is -2.68. The third-order valence-electron chi connectivity index (χ3n) is 4.67. The number of aliphatic hydroxyl groups is 4. The minimum atomic E-state index is -2.10. The summed E-state index contributed by atoms with van der Waals surface area (Å²) in [6.07, 6.45) is -6.63. The van der Waals surface area contributed by atoms with E-state index in [2.05, 4.69) is 5.32 Å². The van der Waals surface area contributed by atoms with Crippen molar-refractivity contribution in [2.45, 2.75) is 56.2 Å². The fourth-order valence-corrected chi connectivity index (χ4v) is 3.20. The molecule has 2 rings (SSSR count). The van der Waals surface area contributed by atoms with E-state index >= 15 is 0 Å². The molecule has 4 unspecified atom stereocenters. The van der Waals surface area contributed by atoms with Crippen molar-refractivity contribution in [1.82, 2.24) is 5.32 Å². The van der Waals surface area contributed by atoms with Crippen LogP contribution < -0.4 is 5.32 Å². The minimum absolute atomic E-state index is 0.0706. The molecule has 5 N–H and O–H groups in total. The number of carbonyl (C=O) groups is 2. The van der Waals surface area contributed by atoms with E-state index < -0.39 is 61.1 Å². The SMILES string of the molecule is COC(=O)C1(OCc2ccccc2)CC(O)C(NC(C)=O)C([C@@H](O)[C@@H](O)CO)O1. The average Bonchev–Trinajstić information content (AvgIpc) is 2.72. The largest absolute Gasteiger partial charge is 0.465 e. The second-order valence-corrected chi connectivity index (χ2v) is 6.84. The van der Waals surface area contributed by atoms with E-state index in [9.17, 15) is 24.9 Å². The lowest BCUT2D eigenvalue weighted by atomic mass is 9.88. The van der Waals surface area contributed by atoms with Gasteiger partial charge in [0.2, 0.25) is 5.91 Å². The molecule has 0 saturated carbocycles. The fourth-order valence-electron chi connectivity index (χ4n) is 3.20. The van der Waals surface area contributed by atoms with Gasteiger partial charge in [0.05, 0.1) is 32.5 Å². The number of ether oxygens (including phenoxy) is 3. The molecule has 6 atom stereocenters. The second-order valence-electron chi connectivity index (χ2n) is 6.84. The van der Waals surface area contributed by atoms with Gasteiger partial charge in [-0.05, 0) is 5.56 Å². The third kappa shape index (κ3) is 5.50. The zero-order valence-electron chi connectivity index (χ0n) is 16.2. The molecule has 162 valence electrons. The minimum Gasteiger partial charge on any atom is -0.465 e. The molecule has 29 heavy (non-hydrogen) atoms. The van der Waals surface area contributed by atoms with Crippen LogP contribution in [0.2, 0.25) is 0 Å². The van der Waals surface area contributed by atoms with Gasteiger partial charge in [0, 0.05) is 13.3 Å². The van der Waals surface area contributed by atoms with E-state index in [-0.39, 0.29) is 6.61 Å². The van der Waals surface area contributed by atoms with Crippen molar-refractivity contribution in [3.63, 3.8) is 0 Å². The van der Waals surface area contributed by atoms with Crippen molar-refractivity contribution in [1.29, 1.82) is 0 Å². The summed E-state index contributed by atoms with van der Waals surface area (Å²) in [5.41, 5.74) is 0.713. The molecule has 0 aromatic heterocycles. The number of carbonyl (C=O) groups excluding carboxylic acids is 2. The maximum atomic E-state index is 12.5. The van der Waals surface area contributed by atoms with Crippen molar-refractivity contribution in [3.8, 4) is 0 Å². The van der Waals surface area contributed by atoms with Crippen LogP contribution in [0.25, 0.3) is 0 Å². The summed E-state index contributed by atoms with van der Waals surface area (Å²) < 4.78 is 16.2. The number of aliphatic hydroxyl groups excluding tert-OH is 4. The Balaban J connectivity index is 2.35. The van der Waals surface area contributed by atoms with E-state index in [1.165, 1.54) is 6.92 Å². The number of amides is 1. The van der Waals surface area contributed by atoms with E-state index in [1.54, 1.807) is 30.3 Å². The Kier molecular flexibility index (Phi) is 8.08. The Hall–Kier alpha value is -2.08. The van der Waals surface area contributed by atoms with E-state index in [0.717, 1.165) is 7.11 Å². The maximum Gasteiger partial charge on any atom is 0.366 e. The molecular weight excluding hydrogens is 386 g/mol. The van der Waals surface area contributed by atoms with Crippen LogP contribution in [0, 0.1) is 0 Å². The van der Waals surface area contributed by atoms with Crippen LogP contribution >= 0.6 is 0 Å². The van der Waals surface area contributed by atoms with Gasteiger partial charge in [-0.1, -0.05) is 30.3 Å². The summed E-state index contributed by atoms with van der Waals surface area (Å²) in [6, 6.07) is 7.70. The molecule has 10 heteroatoms. The first-order valence-corrected chi connectivity index (χ1v) is 9.10. The van der Waals surface area contributed by atoms with Crippen LogP contribution in [0.5, 0.6) is 0 Å². The van der Waals surface area contributed by atoms with Gasteiger partial charge in [-0.15, -0.1) is 0 Å². The van der Waals surface area contributed by atoms with Gasteiger partial charge < -0.3 is 40.0 Å². The van der Waals surface area contributed by atoms with Crippen molar-refractivity contribution < 1.29 is 44.2 Å². The van der Waals surface area contributed by atoms with E-state index in [0.29, 0.717) is 5.56 Å². The van der Waals surface area contributed by atoms with Gasteiger partial charge in [0.1, 0.15) is 18.3 Å². The van der Waals surface area contributed by atoms with Gasteiger partial charge in [-0.25, -0.2) is 4.79 Å². The maximum absolute atomic E-state index is 12.5. The average molecular weight is 413 g/mol. The first-order chi connectivity index (χ1) is 13.7. The number of esters is 1. The monoisotopic (exact) mass is 413 g/mol. The van der Waals surface area contributed by atoms with Crippen LogP contribution in [0.15, 0.2) is 30.3 Å². The Morgan fingerprint density at radius 2 is 1.97 bits per heavy atom. The number of rotatable bonds is 8. The number of hydrogen-bond acceptors (Lipinski definition) is 9. The lowest BCUT2D eigenvalue weighted by molar-refractivity contribution is -0.315. The Labute approximate surface area is 168 Å². The van der Waals surface area contributed by atoms with Gasteiger partial charge in [-0.2, -0.15) is 0 Å². The molecule has 0 spiro atoms. The topological polar surface area (TPSA) is 155 Å². The van der Waals surface area contributed by atoms with Crippen LogP contribution in [0.4, 0.5) is 0 Å². The molecule has 10 nitrogen and oxygen atoms in total. The number of methoxy groups -OCH3 is 1. The molecule has 1 saturated heterocycles. The van der Waals surface area contributed by atoms with Crippen molar-refractivity contribution in [3.05, 3.63) is 35.9 Å². The number of hydrogen-bond donors (Lipinski definition) is 5. The van der Waals surface area contributed by atoms with E-state index in [4.69, 9.17) is 19.3 Å². The van der Waals surface area contributed by atoms with Crippen molar-refractivity contribution in [2.75, 3.05) is 13.7 Å². The Morgan fingerprint density at radius 3 is 2.52 bits per heavy atom. The molecule has 0 radical (unpaired) electrons. The van der Waals surface area contributed by atoms with Crippen molar-refractivity contribution >= 4 is 11.9 Å². The molecule has 1 aliphatic heterocycles. The summed E-state index contributed by atoms with van der Waals surface area (Å²) in [6.45, 7) is 0.325. The van der Waals surface area contributed by atoms with Crippen LogP contribution in [0.3, 0.4) is 0 Å². The summed E-state index contributed by atoms with van der Waals surface area (Å²) >= 11 is 0. The summed E-state index contributed by atoms with van der Waals surface area (Å²) in [5, 5.41) is 42.5. The van der Waals surface area contributed by atoms with Gasteiger partial charge in [0.25, 0.3) is 5.79 Å². The van der Waals surface area contributed by atoms with Crippen LogP contribution in [0.1, 0.15) is 18.9 Å². The molecule has 0 aliphatic carbocycles. The predicted octanol–water partition coefficient (Wildman–Crippen LogP) is -1.56. The third-order valence-corrected chi connectivity index (χ3v) is 4.67. The zero-order valence-corrected chi connectivity index (χ0v) is 16.2. The second kappa shape index (κ2) is 10.1. The molecule has 1 aromatic rings. The highest BCUT2D eigenvalue weighted by molar-refractivity contribution is 5.78. The van der Waals surface area contributed by atoms with Crippen molar-refractivity contribution in [2.24, 2.45) is 0 Å². The highest BCUT2D eigenvalue weighted by atomic mass is 16.7. The predicted molar refractivity (Wildman–Crippen MR) is 98.2 cm³/mol.